The Morgan fingerprint density at radius 3 is 3.00 bits per heavy atom. The van der Waals surface area contributed by atoms with Gasteiger partial charge in [0.05, 0.1) is 13.4 Å². The van der Waals surface area contributed by atoms with Crippen LogP contribution in [-0.2, 0) is 16.6 Å². The molecule has 16 heavy (non-hydrogen) atoms. The maximum Gasteiger partial charge on any atom is 0.343 e. The van der Waals surface area contributed by atoms with Crippen LogP contribution < -0.4 is 4.74 Å². The summed E-state index contributed by atoms with van der Waals surface area (Å²) in [5.74, 6) is -0.196. The Balaban J connectivity index is 2.27. The predicted molar refractivity (Wildman–Crippen MR) is 53.8 cm³/mol. The van der Waals surface area contributed by atoms with Crippen LogP contribution in [0.3, 0.4) is 0 Å². The number of carbonyl (C=O) groups excluding carboxylic acids is 1. The Kier molecular flexibility index (Phi) is 2.67. The number of nitrogens with zero attached hydrogens (tertiary/aromatic N) is 4. The highest BCUT2D eigenvalue weighted by molar-refractivity contribution is 5.77. The van der Waals surface area contributed by atoms with Crippen LogP contribution in [0, 0.1) is 0 Å². The molecule has 0 aliphatic rings. The van der Waals surface area contributed by atoms with Gasteiger partial charge in [-0.2, -0.15) is 4.98 Å². The number of esters is 1. The van der Waals surface area contributed by atoms with E-state index >= 15 is 0 Å². The number of methoxy groups -OCH3 is 1. The van der Waals surface area contributed by atoms with Gasteiger partial charge < -0.3 is 14.0 Å². The van der Waals surface area contributed by atoms with Crippen molar-refractivity contribution in [2.75, 3.05) is 13.7 Å². The maximum absolute atomic E-state index is 10.9. The summed E-state index contributed by atoms with van der Waals surface area (Å²) in [4.78, 5) is 22.9. The fraction of sp³-hybridized carbons (Fsp3) is 0.333. The topological polar surface area (TPSA) is 79.1 Å². The molecule has 0 aromatic carbocycles. The number of carbonyl (C=O) groups is 1. The first-order chi connectivity index (χ1) is 7.72. The van der Waals surface area contributed by atoms with E-state index in [2.05, 4.69) is 19.7 Å². The number of rotatable bonds is 3. The van der Waals surface area contributed by atoms with E-state index in [1.165, 1.54) is 13.4 Å². The molecule has 0 radical (unpaired) electrons. The Morgan fingerprint density at radius 1 is 1.44 bits per heavy atom. The average molecular weight is 222 g/mol. The summed E-state index contributed by atoms with van der Waals surface area (Å²) in [6, 6.07) is 0. The van der Waals surface area contributed by atoms with Gasteiger partial charge >= 0.3 is 5.97 Å². The monoisotopic (exact) mass is 222 g/mol. The zero-order chi connectivity index (χ0) is 11.5. The summed E-state index contributed by atoms with van der Waals surface area (Å²) in [5.41, 5.74) is 1.17. The summed E-state index contributed by atoms with van der Waals surface area (Å²) in [5, 5.41) is 0. The lowest BCUT2D eigenvalue weighted by atomic mass is 10.5. The SMILES string of the molecule is COC(=O)COc1ncnc2c1ncn2C. The van der Waals surface area contributed by atoms with Crippen molar-refractivity contribution in [3.8, 4) is 5.88 Å². The van der Waals surface area contributed by atoms with E-state index < -0.39 is 5.97 Å². The van der Waals surface area contributed by atoms with Crippen molar-refractivity contribution in [2.24, 2.45) is 7.05 Å². The third kappa shape index (κ3) is 1.79. The molecule has 2 heterocycles. The van der Waals surface area contributed by atoms with E-state index in [-0.39, 0.29) is 12.5 Å². The lowest BCUT2D eigenvalue weighted by Crippen LogP contribution is -2.13. The summed E-state index contributed by atoms with van der Waals surface area (Å²) in [6.45, 7) is -0.195. The molecule has 0 saturated heterocycles. The predicted octanol–water partition coefficient (Wildman–Crippen LogP) is -0.0849. The quantitative estimate of drug-likeness (QED) is 0.675. The smallest absolute Gasteiger partial charge is 0.343 e. The van der Waals surface area contributed by atoms with Crippen LogP contribution >= 0.6 is 0 Å². The molecule has 0 aliphatic heterocycles. The Hall–Kier alpha value is -2.18. The summed E-state index contributed by atoms with van der Waals surface area (Å²) in [6.07, 6.45) is 2.96. The van der Waals surface area contributed by atoms with Gasteiger partial charge in [0, 0.05) is 7.05 Å². The Bertz CT molecular complexity index is 522. The lowest BCUT2D eigenvalue weighted by molar-refractivity contribution is -0.142. The first kappa shape index (κ1) is 10.3. The van der Waals surface area contributed by atoms with Gasteiger partial charge in [-0.15, -0.1) is 0 Å². The Morgan fingerprint density at radius 2 is 2.25 bits per heavy atom. The number of fused-ring (bicyclic) bond motifs is 1. The molecule has 0 unspecified atom stereocenters. The summed E-state index contributed by atoms with van der Waals surface area (Å²) >= 11 is 0. The molecular weight excluding hydrogens is 212 g/mol. The zero-order valence-electron chi connectivity index (χ0n) is 8.88. The molecule has 7 nitrogen and oxygen atoms in total. The van der Waals surface area contributed by atoms with Crippen LogP contribution in [0.4, 0.5) is 0 Å². The molecule has 0 bridgehead atoms. The highest BCUT2D eigenvalue weighted by atomic mass is 16.6. The van der Waals surface area contributed by atoms with Crippen molar-refractivity contribution < 1.29 is 14.3 Å². The fourth-order valence-electron chi connectivity index (χ4n) is 1.22. The van der Waals surface area contributed by atoms with Crippen LogP contribution in [0.15, 0.2) is 12.7 Å². The van der Waals surface area contributed by atoms with Crippen molar-refractivity contribution >= 4 is 17.1 Å². The molecule has 0 atom stereocenters. The summed E-state index contributed by atoms with van der Waals surface area (Å²) < 4.78 is 11.4. The first-order valence-corrected chi connectivity index (χ1v) is 4.54. The van der Waals surface area contributed by atoms with Gasteiger partial charge in [0.1, 0.15) is 6.33 Å². The average Bonchev–Trinajstić information content (AvgIpc) is 2.69. The van der Waals surface area contributed by atoms with E-state index in [1.54, 1.807) is 10.9 Å². The minimum absolute atomic E-state index is 0.195. The van der Waals surface area contributed by atoms with Crippen LogP contribution in [0.2, 0.25) is 0 Å². The molecule has 2 aromatic rings. The van der Waals surface area contributed by atoms with Crippen molar-refractivity contribution in [1.29, 1.82) is 0 Å². The minimum atomic E-state index is -0.470. The van der Waals surface area contributed by atoms with Gasteiger partial charge in [-0.1, -0.05) is 0 Å². The second-order valence-electron chi connectivity index (χ2n) is 3.07. The fourth-order valence-corrected chi connectivity index (χ4v) is 1.22. The highest BCUT2D eigenvalue weighted by Gasteiger charge is 2.10. The summed E-state index contributed by atoms with van der Waals surface area (Å²) in [7, 11) is 3.11. The van der Waals surface area contributed by atoms with E-state index in [4.69, 9.17) is 4.74 Å². The molecule has 2 aromatic heterocycles. The van der Waals surface area contributed by atoms with Crippen molar-refractivity contribution in [3.63, 3.8) is 0 Å². The van der Waals surface area contributed by atoms with E-state index in [9.17, 15) is 4.79 Å². The van der Waals surface area contributed by atoms with Crippen LogP contribution in [0.25, 0.3) is 11.2 Å². The van der Waals surface area contributed by atoms with E-state index in [1.807, 2.05) is 7.05 Å². The second kappa shape index (κ2) is 4.13. The molecule has 7 heteroatoms. The maximum atomic E-state index is 10.9. The molecule has 0 N–H and O–H groups in total. The van der Waals surface area contributed by atoms with Crippen molar-refractivity contribution in [1.82, 2.24) is 19.5 Å². The number of hydrogen-bond acceptors (Lipinski definition) is 6. The number of aromatic nitrogens is 4. The number of imidazole rings is 1. The van der Waals surface area contributed by atoms with Crippen LogP contribution in [0.5, 0.6) is 5.88 Å². The molecule has 0 saturated carbocycles. The Labute approximate surface area is 91.0 Å². The van der Waals surface area contributed by atoms with Gasteiger partial charge in [-0.3, -0.25) is 0 Å². The largest absolute Gasteiger partial charge is 0.466 e. The molecule has 0 aliphatic carbocycles. The number of aryl methyl sites for hydroxylation is 1. The van der Waals surface area contributed by atoms with Gasteiger partial charge in [-0.05, 0) is 0 Å². The second-order valence-corrected chi connectivity index (χ2v) is 3.07. The molecule has 0 fully saturated rings. The van der Waals surface area contributed by atoms with E-state index in [0.717, 1.165) is 0 Å². The van der Waals surface area contributed by atoms with Crippen LogP contribution in [0.1, 0.15) is 0 Å². The van der Waals surface area contributed by atoms with E-state index in [0.29, 0.717) is 11.2 Å². The van der Waals surface area contributed by atoms with Crippen molar-refractivity contribution in [3.05, 3.63) is 12.7 Å². The molecule has 0 amide bonds. The van der Waals surface area contributed by atoms with Gasteiger partial charge in [0.15, 0.2) is 17.8 Å². The molecular formula is C9H10N4O3. The third-order valence-corrected chi connectivity index (χ3v) is 2.02. The zero-order valence-corrected chi connectivity index (χ0v) is 8.88. The molecule has 0 spiro atoms. The molecule has 2 rings (SSSR count). The standard InChI is InChI=1S/C9H10N4O3/c1-13-5-12-7-8(13)10-4-11-9(7)16-3-6(14)15-2/h4-5H,3H2,1-2H3. The minimum Gasteiger partial charge on any atom is -0.466 e. The number of hydrogen-bond donors (Lipinski definition) is 0. The normalized spacial score (nSPS) is 10.4. The third-order valence-electron chi connectivity index (χ3n) is 2.02. The van der Waals surface area contributed by atoms with Crippen molar-refractivity contribution in [2.45, 2.75) is 0 Å². The molecule has 84 valence electrons. The van der Waals surface area contributed by atoms with Gasteiger partial charge in [0.25, 0.3) is 0 Å². The number of ether oxygens (including phenoxy) is 2. The first-order valence-electron chi connectivity index (χ1n) is 4.54. The highest BCUT2D eigenvalue weighted by Crippen LogP contribution is 2.18. The lowest BCUT2D eigenvalue weighted by Gasteiger charge is -2.03. The van der Waals surface area contributed by atoms with Crippen LogP contribution in [-0.4, -0.2) is 39.2 Å². The van der Waals surface area contributed by atoms with Gasteiger partial charge in [-0.25, -0.2) is 14.8 Å². The van der Waals surface area contributed by atoms with Gasteiger partial charge in [0.2, 0.25) is 5.88 Å².